The average molecular weight is 348 g/mol. The van der Waals surface area contributed by atoms with Crippen molar-refractivity contribution in [2.24, 2.45) is 0 Å². The molecule has 1 fully saturated rings. The predicted octanol–water partition coefficient (Wildman–Crippen LogP) is 5.30. The van der Waals surface area contributed by atoms with Crippen LogP contribution in [0.15, 0.2) is 60.7 Å². The van der Waals surface area contributed by atoms with E-state index in [1.807, 2.05) is 0 Å². The van der Waals surface area contributed by atoms with Crippen LogP contribution in [0.4, 0.5) is 0 Å². The van der Waals surface area contributed by atoms with E-state index in [4.69, 9.17) is 0 Å². The second-order valence-electron chi connectivity index (χ2n) is 5.60. The van der Waals surface area contributed by atoms with Gasteiger partial charge in [-0.2, -0.15) is 0 Å². The van der Waals surface area contributed by atoms with Crippen molar-refractivity contribution in [2.75, 3.05) is 0 Å². The number of rotatable bonds is 3. The predicted molar refractivity (Wildman–Crippen MR) is 94.9 cm³/mol. The molecule has 0 radical (unpaired) electrons. The summed E-state index contributed by atoms with van der Waals surface area (Å²) in [6.45, 7) is 0. The topological polar surface area (TPSA) is 0 Å². The molecule has 0 unspecified atom stereocenters. The van der Waals surface area contributed by atoms with Crippen LogP contribution in [0.2, 0.25) is 0 Å². The Morgan fingerprint density at radius 2 is 1.15 bits per heavy atom. The van der Waals surface area contributed by atoms with E-state index >= 15 is 0 Å². The first-order chi connectivity index (χ1) is 9.82. The van der Waals surface area contributed by atoms with Gasteiger partial charge in [-0.05, 0) is 49.9 Å². The highest BCUT2D eigenvalue weighted by molar-refractivity contribution is 9.43. The Hall–Kier alpha value is -0.650. The van der Waals surface area contributed by atoms with Gasteiger partial charge in [0, 0.05) is 0 Å². The SMILES string of the molecule is Br[P+](c1ccccc1)(c1ccccc1)C1CCCCC1. The molecule has 0 atom stereocenters. The van der Waals surface area contributed by atoms with Crippen molar-refractivity contribution in [3.63, 3.8) is 0 Å². The highest BCUT2D eigenvalue weighted by atomic mass is 79.9. The Kier molecular flexibility index (Phi) is 4.58. The average Bonchev–Trinajstić information content (AvgIpc) is 2.56. The minimum atomic E-state index is -1.44. The molecule has 0 nitrogen and oxygen atoms in total. The second kappa shape index (κ2) is 6.41. The zero-order valence-electron chi connectivity index (χ0n) is 11.7. The molecule has 0 N–H and O–H groups in total. The normalized spacial score (nSPS) is 17.1. The minimum Gasteiger partial charge on any atom is -0.0620 e. The first kappa shape index (κ1) is 14.3. The minimum absolute atomic E-state index is 0.793. The summed E-state index contributed by atoms with van der Waals surface area (Å²) < 4.78 is 0. The summed E-state index contributed by atoms with van der Waals surface area (Å²) in [5, 5.41) is 3.00. The molecule has 1 saturated carbocycles. The smallest absolute Gasteiger partial charge is 0.0620 e. The summed E-state index contributed by atoms with van der Waals surface area (Å²) in [6, 6.07) is 22.2. The van der Waals surface area contributed by atoms with E-state index in [2.05, 4.69) is 76.2 Å². The number of hydrogen-bond acceptors (Lipinski definition) is 0. The Labute approximate surface area is 130 Å². The van der Waals surface area contributed by atoms with E-state index in [0.717, 1.165) is 5.66 Å². The zero-order valence-corrected chi connectivity index (χ0v) is 14.2. The summed E-state index contributed by atoms with van der Waals surface area (Å²) in [4.78, 5) is 0. The first-order valence-electron chi connectivity index (χ1n) is 7.51. The van der Waals surface area contributed by atoms with Crippen molar-refractivity contribution < 1.29 is 0 Å². The largest absolute Gasteiger partial charge is 0.151 e. The van der Waals surface area contributed by atoms with Crippen molar-refractivity contribution in [1.82, 2.24) is 0 Å². The maximum Gasteiger partial charge on any atom is 0.151 e. The van der Waals surface area contributed by atoms with Crippen molar-refractivity contribution in [2.45, 2.75) is 37.8 Å². The number of hydrogen-bond donors (Lipinski definition) is 0. The first-order valence-corrected chi connectivity index (χ1v) is 11.4. The van der Waals surface area contributed by atoms with Crippen LogP contribution < -0.4 is 10.6 Å². The van der Waals surface area contributed by atoms with Crippen molar-refractivity contribution in [3.8, 4) is 0 Å². The van der Waals surface area contributed by atoms with Gasteiger partial charge in [0.15, 0.2) is 21.5 Å². The van der Waals surface area contributed by atoms with Gasteiger partial charge in [0.1, 0.15) is 10.6 Å². The molecule has 0 heterocycles. The summed E-state index contributed by atoms with van der Waals surface area (Å²) in [5.41, 5.74) is 0.793. The van der Waals surface area contributed by atoms with Gasteiger partial charge in [-0.3, -0.25) is 0 Å². The van der Waals surface area contributed by atoms with E-state index in [0.29, 0.717) is 0 Å². The molecular weight excluding hydrogens is 327 g/mol. The summed E-state index contributed by atoms with van der Waals surface area (Å²) in [6.07, 6.45) is 6.91. The molecule has 2 aromatic rings. The molecule has 2 heteroatoms. The van der Waals surface area contributed by atoms with E-state index in [9.17, 15) is 0 Å². The van der Waals surface area contributed by atoms with Crippen LogP contribution in [0.1, 0.15) is 32.1 Å². The van der Waals surface area contributed by atoms with Gasteiger partial charge < -0.3 is 0 Å². The third-order valence-electron chi connectivity index (χ3n) is 4.34. The highest BCUT2D eigenvalue weighted by Gasteiger charge is 2.48. The van der Waals surface area contributed by atoms with Crippen LogP contribution in [-0.2, 0) is 0 Å². The molecule has 2 aromatic carbocycles. The summed E-state index contributed by atoms with van der Waals surface area (Å²) in [5.74, 6) is -1.44. The van der Waals surface area contributed by atoms with Crippen LogP contribution in [0.25, 0.3) is 0 Å². The fourth-order valence-electron chi connectivity index (χ4n) is 3.30. The summed E-state index contributed by atoms with van der Waals surface area (Å²) >= 11 is 4.27. The maximum atomic E-state index is 4.27. The highest BCUT2D eigenvalue weighted by Crippen LogP contribution is 2.70. The Balaban J connectivity index is 2.07. The van der Waals surface area contributed by atoms with E-state index in [1.54, 1.807) is 0 Å². The lowest BCUT2D eigenvalue weighted by atomic mass is 10.0. The lowest BCUT2D eigenvalue weighted by Crippen LogP contribution is -2.29. The Morgan fingerprint density at radius 3 is 1.60 bits per heavy atom. The number of benzene rings is 2. The van der Waals surface area contributed by atoms with Crippen molar-refractivity contribution >= 4 is 32.1 Å². The van der Waals surface area contributed by atoms with Crippen LogP contribution >= 0.6 is 21.5 Å². The van der Waals surface area contributed by atoms with E-state index < -0.39 is 5.96 Å². The summed E-state index contributed by atoms with van der Waals surface area (Å²) in [7, 11) is 0. The lowest BCUT2D eigenvalue weighted by Gasteiger charge is -2.31. The second-order valence-corrected chi connectivity index (χ2v) is 12.0. The quantitative estimate of drug-likeness (QED) is 0.661. The molecule has 0 spiro atoms. The van der Waals surface area contributed by atoms with Crippen LogP contribution in [-0.4, -0.2) is 5.66 Å². The van der Waals surface area contributed by atoms with Gasteiger partial charge >= 0.3 is 0 Å². The zero-order chi connectivity index (χ0) is 13.8. The van der Waals surface area contributed by atoms with Crippen LogP contribution in [0, 0.1) is 0 Å². The van der Waals surface area contributed by atoms with E-state index in [-0.39, 0.29) is 0 Å². The molecule has 20 heavy (non-hydrogen) atoms. The van der Waals surface area contributed by atoms with Crippen LogP contribution in [0.3, 0.4) is 0 Å². The van der Waals surface area contributed by atoms with Gasteiger partial charge in [-0.15, -0.1) is 0 Å². The molecule has 104 valence electrons. The third kappa shape index (κ3) is 2.71. The molecule has 0 bridgehead atoms. The van der Waals surface area contributed by atoms with Gasteiger partial charge in [0.05, 0.1) is 5.66 Å². The van der Waals surface area contributed by atoms with Gasteiger partial charge in [0.2, 0.25) is 0 Å². The molecular formula is C18H21BrP+. The molecule has 0 amide bonds. The standard InChI is InChI=1S/C18H21BrP/c19-20(16-10-4-1-5-11-16,17-12-6-2-7-13-17)18-14-8-3-9-15-18/h1-2,4-7,10-13,18H,3,8-9,14-15H2/q+1. The van der Waals surface area contributed by atoms with Crippen molar-refractivity contribution in [3.05, 3.63) is 60.7 Å². The lowest BCUT2D eigenvalue weighted by molar-refractivity contribution is 0.512. The monoisotopic (exact) mass is 347 g/mol. The third-order valence-corrected chi connectivity index (χ3v) is 12.2. The maximum absolute atomic E-state index is 4.27. The van der Waals surface area contributed by atoms with Gasteiger partial charge in [-0.1, -0.05) is 42.8 Å². The molecule has 0 aromatic heterocycles. The fourth-order valence-corrected chi connectivity index (χ4v) is 9.37. The molecule has 1 aliphatic carbocycles. The molecule has 0 saturated heterocycles. The molecule has 3 rings (SSSR count). The number of halogens is 1. The molecule has 1 aliphatic rings. The fraction of sp³-hybridized carbons (Fsp3) is 0.333. The van der Waals surface area contributed by atoms with Crippen molar-refractivity contribution in [1.29, 1.82) is 0 Å². The van der Waals surface area contributed by atoms with Gasteiger partial charge in [-0.25, -0.2) is 0 Å². The molecule has 0 aliphatic heterocycles. The Morgan fingerprint density at radius 1 is 0.700 bits per heavy atom. The van der Waals surface area contributed by atoms with Crippen LogP contribution in [0.5, 0.6) is 0 Å². The van der Waals surface area contributed by atoms with E-state index in [1.165, 1.54) is 42.7 Å². The Bertz CT molecular complexity index is 492. The van der Waals surface area contributed by atoms with Gasteiger partial charge in [0.25, 0.3) is 0 Å².